The summed E-state index contributed by atoms with van der Waals surface area (Å²) in [5.74, 6) is 2.86. The van der Waals surface area contributed by atoms with Crippen LogP contribution in [-0.4, -0.2) is 53.1 Å². The zero-order valence-electron chi connectivity index (χ0n) is 25.2. The first kappa shape index (κ1) is 29.1. The normalized spacial score (nSPS) is 16.0. The molecular weight excluding hydrogens is 560 g/mol. The number of para-hydroxylation sites is 1. The predicted molar refractivity (Wildman–Crippen MR) is 171 cm³/mol. The van der Waals surface area contributed by atoms with Crippen LogP contribution in [-0.2, 0) is 19.4 Å². The van der Waals surface area contributed by atoms with Gasteiger partial charge in [0.1, 0.15) is 17.4 Å². The molecule has 2 aromatic carbocycles. The third kappa shape index (κ3) is 5.82. The van der Waals surface area contributed by atoms with E-state index in [0.717, 1.165) is 30.6 Å². The largest absolute Gasteiger partial charge is 0.495 e. The number of carbonyl (C=O) groups is 1. The van der Waals surface area contributed by atoms with E-state index in [1.807, 2.05) is 25.3 Å². The number of pyridine rings is 1. The van der Waals surface area contributed by atoms with Crippen molar-refractivity contribution in [3.05, 3.63) is 99.6 Å². The highest BCUT2D eigenvalue weighted by Gasteiger charge is 2.36. The van der Waals surface area contributed by atoms with Crippen LogP contribution < -0.4 is 14.5 Å². The van der Waals surface area contributed by atoms with Crippen LogP contribution in [0, 0.1) is 6.92 Å². The topological polar surface area (TPSA) is 74.7 Å². The lowest BCUT2D eigenvalue weighted by Gasteiger charge is -2.36. The minimum absolute atomic E-state index is 0.275. The predicted octanol–water partition coefficient (Wildman–Crippen LogP) is 7.08. The molecule has 0 bridgehead atoms. The molecule has 2 aliphatic heterocycles. The number of benzene rings is 2. The molecule has 2 aromatic heterocycles. The molecule has 4 heterocycles. The monoisotopic (exact) mass is 596 g/mol. The van der Waals surface area contributed by atoms with Gasteiger partial charge in [0, 0.05) is 18.2 Å². The summed E-state index contributed by atoms with van der Waals surface area (Å²) in [5.41, 5.74) is 6.34. The first-order valence-corrected chi connectivity index (χ1v) is 15.3. The maximum atomic E-state index is 14.2. The quantitative estimate of drug-likeness (QED) is 0.227. The number of hydrogen-bond acceptors (Lipinski definition) is 6. The fourth-order valence-corrected chi connectivity index (χ4v) is 6.48. The maximum Gasteiger partial charge on any atom is 0.336 e. The summed E-state index contributed by atoms with van der Waals surface area (Å²) in [6, 6.07) is 15.8. The highest BCUT2D eigenvalue weighted by Crippen LogP contribution is 2.39. The van der Waals surface area contributed by atoms with Crippen molar-refractivity contribution in [2.45, 2.75) is 52.0 Å². The number of anilines is 3. The number of ether oxygens (including phenoxy) is 1. The van der Waals surface area contributed by atoms with Crippen molar-refractivity contribution >= 4 is 35.0 Å². The van der Waals surface area contributed by atoms with Gasteiger partial charge in [0.25, 0.3) is 0 Å². The third-order valence-electron chi connectivity index (χ3n) is 8.65. The lowest BCUT2D eigenvalue weighted by molar-refractivity contribution is 0.252. The van der Waals surface area contributed by atoms with Gasteiger partial charge in [0.05, 0.1) is 30.6 Å². The zero-order valence-corrected chi connectivity index (χ0v) is 25.9. The Balaban J connectivity index is 1.36. The van der Waals surface area contributed by atoms with Gasteiger partial charge in [-0.05, 0) is 92.7 Å². The number of rotatable bonds is 7. The van der Waals surface area contributed by atoms with E-state index in [0.29, 0.717) is 52.8 Å². The molecule has 6 rings (SSSR count). The maximum absolute atomic E-state index is 14.2. The molecule has 9 heteroatoms. The molecular formula is C34H37ClN6O2. The number of methoxy groups -OCH3 is 1. The van der Waals surface area contributed by atoms with E-state index in [9.17, 15) is 4.79 Å². The summed E-state index contributed by atoms with van der Waals surface area (Å²) in [4.78, 5) is 34.1. The fraction of sp³-hybridized carbons (Fsp3) is 0.353. The minimum Gasteiger partial charge on any atom is -0.495 e. The molecule has 0 spiro atoms. The smallest absolute Gasteiger partial charge is 0.336 e. The molecule has 0 aliphatic carbocycles. The van der Waals surface area contributed by atoms with E-state index >= 15 is 0 Å². The van der Waals surface area contributed by atoms with Crippen molar-refractivity contribution in [2.24, 2.45) is 0 Å². The van der Waals surface area contributed by atoms with E-state index in [-0.39, 0.29) is 6.03 Å². The summed E-state index contributed by atoms with van der Waals surface area (Å²) in [5, 5.41) is 0.507. The van der Waals surface area contributed by atoms with Crippen molar-refractivity contribution in [3.8, 4) is 5.75 Å². The van der Waals surface area contributed by atoms with Crippen LogP contribution in [0.2, 0.25) is 5.02 Å². The second-order valence-electron chi connectivity index (χ2n) is 11.4. The van der Waals surface area contributed by atoms with Gasteiger partial charge in [-0.3, -0.25) is 4.90 Å². The molecule has 1 fully saturated rings. The molecule has 4 aromatic rings. The van der Waals surface area contributed by atoms with E-state index < -0.39 is 0 Å². The summed E-state index contributed by atoms with van der Waals surface area (Å²) >= 11 is 6.62. The molecule has 2 aliphatic rings. The molecule has 8 nitrogen and oxygen atoms in total. The highest BCUT2D eigenvalue weighted by molar-refractivity contribution is 6.34. The van der Waals surface area contributed by atoms with Gasteiger partial charge in [-0.15, -0.1) is 0 Å². The molecule has 222 valence electrons. The molecule has 0 saturated carbocycles. The second kappa shape index (κ2) is 12.3. The molecule has 0 N–H and O–H groups in total. The van der Waals surface area contributed by atoms with Crippen LogP contribution in [0.3, 0.4) is 0 Å². The van der Waals surface area contributed by atoms with Crippen LogP contribution in [0.15, 0.2) is 60.9 Å². The van der Waals surface area contributed by atoms with Crippen LogP contribution in [0.25, 0.3) is 0 Å². The summed E-state index contributed by atoms with van der Waals surface area (Å²) < 4.78 is 5.31. The Morgan fingerprint density at radius 3 is 2.53 bits per heavy atom. The number of piperidine rings is 1. The van der Waals surface area contributed by atoms with Crippen LogP contribution in [0.4, 0.5) is 22.1 Å². The lowest BCUT2D eigenvalue weighted by atomic mass is 9.87. The van der Waals surface area contributed by atoms with Gasteiger partial charge < -0.3 is 9.64 Å². The number of urea groups is 1. The number of hydrogen-bond donors (Lipinski definition) is 0. The second-order valence-corrected chi connectivity index (χ2v) is 11.8. The fourth-order valence-electron chi connectivity index (χ4n) is 6.16. The average Bonchev–Trinajstić information content (AvgIpc) is 3.02. The number of likely N-dealkylation sites (tertiary alicyclic amines) is 1. The molecule has 0 radical (unpaired) electrons. The third-order valence-corrected chi connectivity index (χ3v) is 8.95. The molecule has 1 saturated heterocycles. The Kier molecular flexibility index (Phi) is 8.32. The van der Waals surface area contributed by atoms with Crippen LogP contribution in [0.5, 0.6) is 5.75 Å². The molecule has 2 amide bonds. The van der Waals surface area contributed by atoms with Crippen LogP contribution in [0.1, 0.15) is 59.3 Å². The zero-order chi connectivity index (χ0) is 30.1. The number of aryl methyl sites for hydroxylation is 2. The van der Waals surface area contributed by atoms with Crippen molar-refractivity contribution in [1.82, 2.24) is 19.9 Å². The van der Waals surface area contributed by atoms with Crippen molar-refractivity contribution < 1.29 is 9.53 Å². The Morgan fingerprint density at radius 2 is 1.84 bits per heavy atom. The summed E-state index contributed by atoms with van der Waals surface area (Å²) in [6.07, 6.45) is 7.34. The van der Waals surface area contributed by atoms with Crippen molar-refractivity contribution in [1.29, 1.82) is 0 Å². The number of amides is 2. The molecule has 0 unspecified atom stereocenters. The van der Waals surface area contributed by atoms with E-state index in [1.165, 1.54) is 29.5 Å². The highest BCUT2D eigenvalue weighted by atomic mass is 35.5. The number of aromatic nitrogens is 3. The first-order valence-electron chi connectivity index (χ1n) is 14.9. The number of carbonyl (C=O) groups excluding carboxylic acids is 1. The Morgan fingerprint density at radius 1 is 1.02 bits per heavy atom. The van der Waals surface area contributed by atoms with Gasteiger partial charge >= 0.3 is 6.03 Å². The van der Waals surface area contributed by atoms with Crippen molar-refractivity contribution in [2.75, 3.05) is 37.0 Å². The van der Waals surface area contributed by atoms with E-state index in [1.54, 1.807) is 41.3 Å². The number of halogens is 1. The number of nitrogens with zero attached hydrogens (tertiary/aromatic N) is 6. The van der Waals surface area contributed by atoms with E-state index in [4.69, 9.17) is 26.3 Å². The summed E-state index contributed by atoms with van der Waals surface area (Å²) in [6.45, 7) is 6.73. The van der Waals surface area contributed by atoms with E-state index in [2.05, 4.69) is 42.1 Å². The molecule has 43 heavy (non-hydrogen) atoms. The van der Waals surface area contributed by atoms with Crippen LogP contribution >= 0.6 is 11.6 Å². The lowest BCUT2D eigenvalue weighted by Crippen LogP contribution is -2.46. The Labute approximate surface area is 258 Å². The average molecular weight is 597 g/mol. The molecule has 0 atom stereocenters. The standard InChI is InChI=1S/C34H37ClN6O2/c1-5-23-17-25(24-13-15-39(3)16-14-24)9-10-26(23)18-30-36-19-27-21-40(32-22(2)7-6-8-29(32)35)34(42)41(33(27)38-30)31-12-11-28(43-4)20-37-31/h6-12,17,19-20,24H,5,13-16,18,21H2,1-4H3. The Bertz CT molecular complexity index is 1610. The number of fused-ring (bicyclic) bond motifs is 1. The van der Waals surface area contributed by atoms with Gasteiger partial charge in [-0.2, -0.15) is 0 Å². The Hall–Kier alpha value is -4.01. The van der Waals surface area contributed by atoms with Gasteiger partial charge in [-0.25, -0.2) is 24.6 Å². The van der Waals surface area contributed by atoms with Gasteiger partial charge in [-0.1, -0.05) is 48.9 Å². The minimum atomic E-state index is -0.275. The first-order chi connectivity index (χ1) is 20.9. The van der Waals surface area contributed by atoms with Crippen molar-refractivity contribution in [3.63, 3.8) is 0 Å². The SMILES string of the molecule is CCc1cc(C2CCN(C)CC2)ccc1Cc1ncc2c(n1)N(c1ccc(OC)cn1)C(=O)N(c1c(C)cccc1Cl)C2. The van der Waals surface area contributed by atoms with Gasteiger partial charge in [0.2, 0.25) is 0 Å². The van der Waals surface area contributed by atoms with Gasteiger partial charge in [0.15, 0.2) is 5.82 Å². The summed E-state index contributed by atoms with van der Waals surface area (Å²) in [7, 11) is 3.79.